The van der Waals surface area contributed by atoms with Gasteiger partial charge in [-0.3, -0.25) is 9.59 Å². The monoisotopic (exact) mass is 542 g/mol. The summed E-state index contributed by atoms with van der Waals surface area (Å²) in [5.74, 6) is -0.378. The summed E-state index contributed by atoms with van der Waals surface area (Å²) < 4.78 is 28.0. The predicted octanol–water partition coefficient (Wildman–Crippen LogP) is 5.29. The third-order valence-corrected chi connectivity index (χ3v) is 7.15. The fourth-order valence-corrected chi connectivity index (χ4v) is 4.96. The van der Waals surface area contributed by atoms with Gasteiger partial charge in [0.05, 0.1) is 12.7 Å². The smallest absolute Gasteiger partial charge is 0.261 e. The number of hydrogen-bond acceptors (Lipinski definition) is 6. The summed E-state index contributed by atoms with van der Waals surface area (Å²) in [6, 6.07) is 13.4. The van der Waals surface area contributed by atoms with Crippen LogP contribution in [-0.4, -0.2) is 35.8 Å². The fraction of sp³-hybridized carbons (Fsp3) is 0.258. The second kappa shape index (κ2) is 11.7. The minimum absolute atomic E-state index is 0.0206. The Kier molecular flexibility index (Phi) is 7.93. The highest BCUT2D eigenvalue weighted by molar-refractivity contribution is 6.04. The van der Waals surface area contributed by atoms with E-state index in [0.29, 0.717) is 42.6 Å². The van der Waals surface area contributed by atoms with Crippen molar-refractivity contribution in [3.05, 3.63) is 94.3 Å². The molecule has 1 amide bonds. The number of nitrogens with zero attached hydrogens (tertiary/aromatic N) is 2. The van der Waals surface area contributed by atoms with E-state index in [4.69, 9.17) is 15.2 Å². The molecule has 2 aromatic heterocycles. The zero-order valence-corrected chi connectivity index (χ0v) is 22.4. The summed E-state index contributed by atoms with van der Waals surface area (Å²) in [4.78, 5) is 31.0. The van der Waals surface area contributed by atoms with Gasteiger partial charge in [-0.1, -0.05) is 29.8 Å². The van der Waals surface area contributed by atoms with Crippen molar-refractivity contribution in [2.75, 3.05) is 31.4 Å². The van der Waals surface area contributed by atoms with Crippen molar-refractivity contribution in [1.29, 1.82) is 0 Å². The van der Waals surface area contributed by atoms with E-state index in [1.807, 2.05) is 35.8 Å². The van der Waals surface area contributed by atoms with Gasteiger partial charge in [-0.05, 0) is 55.5 Å². The van der Waals surface area contributed by atoms with Crippen LogP contribution in [0.15, 0.2) is 71.9 Å². The molecule has 5 rings (SSSR count). The van der Waals surface area contributed by atoms with E-state index in [9.17, 15) is 9.59 Å². The standard InChI is InChI=1S/C31H31FN4O4/c1-19-3-5-21(6-4-19)24-17-36(16-20-10-13-40-14-11-20)18-25(29(24)37)31(38)35-22-7-8-23(26(32)15-22)28-27(39-2)9-12-34-30(28)33/h3-9,12,15,17-18,20H,10-11,13-14,16H2,1-2H3,(H2,33,34)(H,35,38). The van der Waals surface area contributed by atoms with Crippen LogP contribution in [0.25, 0.3) is 22.3 Å². The molecule has 0 aliphatic carbocycles. The fourth-order valence-electron chi connectivity index (χ4n) is 4.96. The molecule has 0 saturated carbocycles. The maximum atomic E-state index is 15.2. The van der Waals surface area contributed by atoms with Crippen molar-refractivity contribution < 1.29 is 18.7 Å². The number of amides is 1. The number of nitrogen functional groups attached to an aromatic ring is 1. The first-order chi connectivity index (χ1) is 19.3. The first kappa shape index (κ1) is 27.1. The number of nitrogens with two attached hydrogens (primary N) is 1. The number of halogens is 1. The number of aryl methyl sites for hydroxylation is 1. The minimum Gasteiger partial charge on any atom is -0.496 e. The zero-order valence-electron chi connectivity index (χ0n) is 22.4. The second-order valence-corrected chi connectivity index (χ2v) is 9.96. The van der Waals surface area contributed by atoms with Gasteiger partial charge in [0.2, 0.25) is 5.43 Å². The highest BCUT2D eigenvalue weighted by Crippen LogP contribution is 2.36. The zero-order chi connectivity index (χ0) is 28.2. The molecule has 1 aliphatic rings. The number of hydrogen-bond donors (Lipinski definition) is 2. The molecule has 1 fully saturated rings. The van der Waals surface area contributed by atoms with E-state index < -0.39 is 17.2 Å². The normalized spacial score (nSPS) is 13.7. The lowest BCUT2D eigenvalue weighted by Crippen LogP contribution is -2.26. The van der Waals surface area contributed by atoms with Crippen molar-refractivity contribution in [3.8, 4) is 28.0 Å². The first-order valence-corrected chi connectivity index (χ1v) is 13.1. The van der Waals surface area contributed by atoms with Gasteiger partial charge in [0, 0.05) is 55.2 Å². The van der Waals surface area contributed by atoms with Gasteiger partial charge in [0.1, 0.15) is 22.9 Å². The molecule has 3 heterocycles. The average molecular weight is 543 g/mol. The Hall–Kier alpha value is -4.50. The molecule has 0 atom stereocenters. The molecular weight excluding hydrogens is 511 g/mol. The lowest BCUT2D eigenvalue weighted by Gasteiger charge is -2.23. The molecule has 4 aromatic rings. The van der Waals surface area contributed by atoms with E-state index in [1.165, 1.54) is 25.4 Å². The van der Waals surface area contributed by atoms with Gasteiger partial charge < -0.3 is 25.1 Å². The lowest BCUT2D eigenvalue weighted by atomic mass is 9.99. The maximum Gasteiger partial charge on any atom is 0.261 e. The van der Waals surface area contributed by atoms with Gasteiger partial charge in [-0.15, -0.1) is 0 Å². The molecule has 0 bridgehead atoms. The van der Waals surface area contributed by atoms with Crippen LogP contribution in [0.4, 0.5) is 15.9 Å². The number of carbonyl (C=O) groups excluding carboxylic acids is 1. The van der Waals surface area contributed by atoms with Crippen LogP contribution >= 0.6 is 0 Å². The number of nitrogens with one attached hydrogen (secondary N) is 1. The van der Waals surface area contributed by atoms with Crippen LogP contribution in [0.1, 0.15) is 28.8 Å². The number of rotatable bonds is 7. The van der Waals surface area contributed by atoms with Gasteiger partial charge in [0.25, 0.3) is 5.91 Å². The Labute approximate surface area is 231 Å². The third kappa shape index (κ3) is 5.74. The van der Waals surface area contributed by atoms with Crippen molar-refractivity contribution >= 4 is 17.4 Å². The van der Waals surface area contributed by atoms with Crippen molar-refractivity contribution in [3.63, 3.8) is 0 Å². The van der Waals surface area contributed by atoms with Crippen molar-refractivity contribution in [2.45, 2.75) is 26.3 Å². The summed E-state index contributed by atoms with van der Waals surface area (Å²) in [6.45, 7) is 4.02. The molecule has 1 aliphatic heterocycles. The third-order valence-electron chi connectivity index (χ3n) is 7.15. The van der Waals surface area contributed by atoms with Crippen LogP contribution in [0.3, 0.4) is 0 Å². The first-order valence-electron chi connectivity index (χ1n) is 13.1. The predicted molar refractivity (Wildman–Crippen MR) is 153 cm³/mol. The Bertz CT molecular complexity index is 1590. The summed E-state index contributed by atoms with van der Waals surface area (Å²) in [5, 5.41) is 2.69. The number of benzene rings is 2. The molecular formula is C31H31FN4O4. The van der Waals surface area contributed by atoms with Crippen LogP contribution in [0.5, 0.6) is 5.75 Å². The molecule has 9 heteroatoms. The highest BCUT2D eigenvalue weighted by Gasteiger charge is 2.21. The molecule has 0 spiro atoms. The Morgan fingerprint density at radius 1 is 1.12 bits per heavy atom. The van der Waals surface area contributed by atoms with E-state index in [2.05, 4.69) is 10.3 Å². The molecule has 40 heavy (non-hydrogen) atoms. The second-order valence-electron chi connectivity index (χ2n) is 9.96. The van der Waals surface area contributed by atoms with Crippen LogP contribution in [0.2, 0.25) is 0 Å². The summed E-state index contributed by atoms with van der Waals surface area (Å²) in [6.07, 6.45) is 6.68. The van der Waals surface area contributed by atoms with E-state index >= 15 is 4.39 Å². The summed E-state index contributed by atoms with van der Waals surface area (Å²) >= 11 is 0. The Morgan fingerprint density at radius 3 is 2.58 bits per heavy atom. The molecule has 1 saturated heterocycles. The molecule has 0 radical (unpaired) electrons. The number of aromatic nitrogens is 2. The Morgan fingerprint density at radius 2 is 1.88 bits per heavy atom. The number of anilines is 2. The molecule has 2 aromatic carbocycles. The minimum atomic E-state index is -0.624. The van der Waals surface area contributed by atoms with Gasteiger partial charge in [-0.25, -0.2) is 9.37 Å². The maximum absolute atomic E-state index is 15.2. The van der Waals surface area contributed by atoms with Crippen molar-refractivity contribution in [1.82, 2.24) is 9.55 Å². The van der Waals surface area contributed by atoms with Gasteiger partial charge in [-0.2, -0.15) is 0 Å². The van der Waals surface area contributed by atoms with Crippen LogP contribution < -0.4 is 21.2 Å². The quantitative estimate of drug-likeness (QED) is 0.328. The number of ether oxygens (including phenoxy) is 2. The largest absolute Gasteiger partial charge is 0.496 e. The highest BCUT2D eigenvalue weighted by atomic mass is 19.1. The SMILES string of the molecule is COc1ccnc(N)c1-c1ccc(NC(=O)c2cn(CC3CCOCC3)cc(-c3ccc(C)cc3)c2=O)cc1F. The molecule has 3 N–H and O–H groups in total. The number of pyridine rings is 2. The molecule has 0 unspecified atom stereocenters. The van der Waals surface area contributed by atoms with Gasteiger partial charge in [0.15, 0.2) is 0 Å². The van der Waals surface area contributed by atoms with E-state index in [0.717, 1.165) is 24.0 Å². The Balaban J connectivity index is 1.48. The number of methoxy groups -OCH3 is 1. The molecule has 206 valence electrons. The lowest BCUT2D eigenvalue weighted by molar-refractivity contribution is 0.0612. The van der Waals surface area contributed by atoms with Crippen LogP contribution in [0, 0.1) is 18.7 Å². The summed E-state index contributed by atoms with van der Waals surface area (Å²) in [7, 11) is 1.46. The van der Waals surface area contributed by atoms with Crippen LogP contribution in [-0.2, 0) is 11.3 Å². The summed E-state index contributed by atoms with van der Waals surface area (Å²) in [5.41, 5.74) is 8.50. The van der Waals surface area contributed by atoms with Gasteiger partial charge >= 0.3 is 0 Å². The van der Waals surface area contributed by atoms with Crippen molar-refractivity contribution in [2.24, 2.45) is 5.92 Å². The average Bonchev–Trinajstić information content (AvgIpc) is 2.95. The van der Waals surface area contributed by atoms with E-state index in [-0.39, 0.29) is 22.6 Å². The van der Waals surface area contributed by atoms with E-state index in [1.54, 1.807) is 24.5 Å². The molecule has 8 nitrogen and oxygen atoms in total. The number of carbonyl (C=O) groups is 1. The topological polar surface area (TPSA) is 108 Å².